The molecule has 0 spiro atoms. The molecule has 0 fully saturated rings. The van der Waals surface area contributed by atoms with Gasteiger partial charge in [0.1, 0.15) is 0 Å². The van der Waals surface area contributed by atoms with Gasteiger partial charge in [-0.2, -0.15) is 0 Å². The van der Waals surface area contributed by atoms with E-state index in [1.54, 1.807) is 0 Å². The molecule has 116 valence electrons. The van der Waals surface area contributed by atoms with E-state index >= 15 is 0 Å². The minimum absolute atomic E-state index is 0. The van der Waals surface area contributed by atoms with Crippen molar-refractivity contribution in [1.29, 1.82) is 10.5 Å². The summed E-state index contributed by atoms with van der Waals surface area (Å²) in [5.74, 6) is 0. The van der Waals surface area contributed by atoms with Crippen LogP contribution < -0.4 is 0 Å². The van der Waals surface area contributed by atoms with Crippen molar-refractivity contribution in [2.75, 3.05) is 0 Å². The van der Waals surface area contributed by atoms with Gasteiger partial charge in [-0.25, -0.2) is 10.5 Å². The molecule has 0 radical (unpaired) electrons. The molecule has 0 aromatic carbocycles. The second kappa shape index (κ2) is 22.9. The zero-order valence-electron chi connectivity index (χ0n) is 13.3. The van der Waals surface area contributed by atoms with Gasteiger partial charge >= 0.3 is 27.3 Å². The first-order valence-corrected chi connectivity index (χ1v) is 7.31. The van der Waals surface area contributed by atoms with Crippen molar-refractivity contribution in [3.63, 3.8) is 0 Å². The van der Waals surface area contributed by atoms with Crippen molar-refractivity contribution >= 4 is 25.3 Å². The van der Waals surface area contributed by atoms with E-state index in [1.807, 2.05) is 49.1 Å². The van der Waals surface area contributed by atoms with Crippen LogP contribution in [0, 0.1) is 21.3 Å². The summed E-state index contributed by atoms with van der Waals surface area (Å²) in [6.07, 6.45) is 9.47. The van der Waals surface area contributed by atoms with E-state index < -0.39 is 0 Å². The normalized spacial score (nSPS) is 6.96. The van der Waals surface area contributed by atoms with Crippen LogP contribution in [-0.2, 0) is 65.4 Å². The average Bonchev–Trinajstić information content (AvgIpc) is 2.58. The first kappa shape index (κ1) is 26.5. The molecule has 0 aliphatic carbocycles. The Hall–Kier alpha value is -1.36. The van der Waals surface area contributed by atoms with Crippen molar-refractivity contribution < 1.29 is 27.3 Å². The molecule has 0 amide bonds. The molecule has 4 nitrogen and oxygen atoms in total. The maximum atomic E-state index is 7.13. The number of pyridine rings is 2. The van der Waals surface area contributed by atoms with Crippen LogP contribution in [0.25, 0.3) is 0 Å². The second-order valence-electron chi connectivity index (χ2n) is 3.60. The summed E-state index contributed by atoms with van der Waals surface area (Å²) in [5.41, 5.74) is 2.69. The first-order valence-electron chi connectivity index (χ1n) is 6.50. The van der Waals surface area contributed by atoms with Crippen molar-refractivity contribution in [3.05, 3.63) is 60.2 Å². The Bertz CT molecular complexity index is 488. The molecule has 2 aromatic heterocycles. The maximum Gasteiger partial charge on any atom is 2.00 e. The van der Waals surface area contributed by atoms with Gasteiger partial charge in [-0.15, -0.1) is 0 Å². The number of hydrogen-bond donors (Lipinski definition) is 0. The summed E-state index contributed by atoms with van der Waals surface area (Å²) in [7, 11) is 0. The molecule has 23 heavy (non-hydrogen) atoms. The van der Waals surface area contributed by atoms with E-state index in [9.17, 15) is 0 Å². The topological polar surface area (TPSA) is 73.4 Å². The van der Waals surface area contributed by atoms with Gasteiger partial charge in [0.2, 0.25) is 0 Å². The molecule has 0 aliphatic rings. The van der Waals surface area contributed by atoms with Gasteiger partial charge in [0.25, 0.3) is 0 Å². The number of aromatic nitrogens is 2. The van der Waals surface area contributed by atoms with Crippen molar-refractivity contribution in [1.82, 2.24) is 9.97 Å². The molecule has 0 saturated carbocycles. The van der Waals surface area contributed by atoms with E-state index in [0.29, 0.717) is 0 Å². The SMILES string of the molecule is CCc1ccncc1.CCc1ccncc1.N#C[S-].N#C[S-].[Cd+2]. The molecule has 2 aromatic rings. The number of aryl methyl sites for hydroxylation is 2. The van der Waals surface area contributed by atoms with Gasteiger partial charge < -0.3 is 25.3 Å². The third-order valence-corrected chi connectivity index (χ3v) is 2.32. The van der Waals surface area contributed by atoms with E-state index in [1.165, 1.54) is 21.9 Å². The van der Waals surface area contributed by atoms with Crippen LogP contribution in [0.4, 0.5) is 0 Å². The third kappa shape index (κ3) is 20.6. The Balaban J connectivity index is -0.000000253. The number of thiocyanates is 2. The largest absolute Gasteiger partial charge is 2.00 e. The second-order valence-corrected chi connectivity index (χ2v) is 3.97. The molecular formula is C16H18CdN4S2. The minimum Gasteiger partial charge on any atom is -0.696 e. The van der Waals surface area contributed by atoms with Gasteiger partial charge in [0, 0.05) is 24.8 Å². The Morgan fingerprint density at radius 1 is 0.783 bits per heavy atom. The van der Waals surface area contributed by atoms with Crippen LogP contribution in [0.15, 0.2) is 49.1 Å². The van der Waals surface area contributed by atoms with Crippen molar-refractivity contribution in [3.8, 4) is 10.8 Å². The summed E-state index contributed by atoms with van der Waals surface area (Å²) < 4.78 is 0. The van der Waals surface area contributed by atoms with E-state index in [0.717, 1.165) is 12.8 Å². The summed E-state index contributed by atoms with van der Waals surface area (Å²) in [6, 6.07) is 8.11. The molecular weight excluding hydrogens is 425 g/mol. The number of nitriles is 2. The van der Waals surface area contributed by atoms with Gasteiger partial charge in [-0.05, 0) is 48.2 Å². The number of nitrogens with zero attached hydrogens (tertiary/aromatic N) is 4. The van der Waals surface area contributed by atoms with Gasteiger partial charge in [0.15, 0.2) is 0 Å². The Kier molecular flexibility index (Phi) is 26.4. The van der Waals surface area contributed by atoms with E-state index in [4.69, 9.17) is 10.5 Å². The van der Waals surface area contributed by atoms with Crippen LogP contribution in [-0.4, -0.2) is 9.97 Å². The quantitative estimate of drug-likeness (QED) is 0.403. The molecule has 2 rings (SSSR count). The predicted molar refractivity (Wildman–Crippen MR) is 93.2 cm³/mol. The van der Waals surface area contributed by atoms with Crippen LogP contribution in [0.3, 0.4) is 0 Å². The molecule has 0 unspecified atom stereocenters. The van der Waals surface area contributed by atoms with Crippen molar-refractivity contribution in [2.24, 2.45) is 0 Å². The van der Waals surface area contributed by atoms with Gasteiger partial charge in [0.05, 0.1) is 0 Å². The Morgan fingerprint density at radius 2 is 1.00 bits per heavy atom. The summed E-state index contributed by atoms with van der Waals surface area (Å²) in [6.45, 7) is 4.27. The standard InChI is InChI=1S/2C7H9N.2CHNS.Cd/c2*1-2-7-3-5-8-6-4-7;2*2-1-3;/h2*3-6H,2H2,1H3;2*3H;/q;;;;+2/p-2. The fourth-order valence-corrected chi connectivity index (χ4v) is 1.24. The van der Waals surface area contributed by atoms with Crippen LogP contribution in [0.1, 0.15) is 25.0 Å². The van der Waals surface area contributed by atoms with Crippen LogP contribution >= 0.6 is 0 Å². The number of hydrogen-bond acceptors (Lipinski definition) is 6. The smallest absolute Gasteiger partial charge is 0.696 e. The molecule has 0 N–H and O–H groups in total. The molecule has 0 aliphatic heterocycles. The zero-order valence-corrected chi connectivity index (χ0v) is 19.0. The monoisotopic (exact) mass is 444 g/mol. The van der Waals surface area contributed by atoms with E-state index in [-0.39, 0.29) is 27.3 Å². The fraction of sp³-hybridized carbons (Fsp3) is 0.250. The molecule has 0 bridgehead atoms. The zero-order chi connectivity index (χ0) is 17.1. The third-order valence-electron chi connectivity index (χ3n) is 2.32. The van der Waals surface area contributed by atoms with Crippen molar-refractivity contribution in [2.45, 2.75) is 26.7 Å². The summed E-state index contributed by atoms with van der Waals surface area (Å²) in [5, 5.41) is 16.9. The number of rotatable bonds is 2. The Morgan fingerprint density at radius 3 is 1.13 bits per heavy atom. The summed E-state index contributed by atoms with van der Waals surface area (Å²) in [4.78, 5) is 7.79. The fourth-order valence-electron chi connectivity index (χ4n) is 1.24. The molecule has 0 atom stereocenters. The maximum absolute atomic E-state index is 7.13. The molecule has 0 saturated heterocycles. The Labute approximate surface area is 170 Å². The van der Waals surface area contributed by atoms with Gasteiger partial charge in [-0.1, -0.05) is 24.6 Å². The molecule has 2 heterocycles. The minimum atomic E-state index is 0. The van der Waals surface area contributed by atoms with Crippen LogP contribution in [0.5, 0.6) is 0 Å². The van der Waals surface area contributed by atoms with Gasteiger partial charge in [-0.3, -0.25) is 9.97 Å². The van der Waals surface area contributed by atoms with E-state index in [2.05, 4.69) is 49.1 Å². The first-order chi connectivity index (χ1) is 10.7. The predicted octanol–water partition coefficient (Wildman–Crippen LogP) is 3.31. The molecule has 7 heteroatoms. The average molecular weight is 443 g/mol. The van der Waals surface area contributed by atoms with Crippen LogP contribution in [0.2, 0.25) is 0 Å². The summed E-state index contributed by atoms with van der Waals surface area (Å²) >= 11 is 7.40.